The first-order valence-electron chi connectivity index (χ1n) is 7.98. The molecular weight excluding hydrogens is 306 g/mol. The number of nitroso groups, excluding NO2 is 1. The average molecular weight is 325 g/mol. The van der Waals surface area contributed by atoms with Gasteiger partial charge in [-0.15, -0.1) is 0 Å². The van der Waals surface area contributed by atoms with Crippen molar-refractivity contribution in [3.05, 3.63) is 69.6 Å². The number of fused-ring (bicyclic) bond motifs is 1. The Bertz CT molecular complexity index is 743. The highest BCUT2D eigenvalue weighted by Gasteiger charge is 2.28. The van der Waals surface area contributed by atoms with Crippen LogP contribution in [0, 0.1) is 4.91 Å². The molecule has 0 N–H and O–H groups in total. The standard InChI is InChI=1S/C19H19NO4/c1-23-19(21)18-15-8-5-9-16(20-22)14(15)10-11-17(18)24-12-13-6-3-2-4-7-13/h2-4,6-7,10-11,16H,5,8-9,12H2,1H3. The van der Waals surface area contributed by atoms with Gasteiger partial charge in [-0.2, -0.15) is 4.91 Å². The molecular formula is C19H19NO4. The van der Waals surface area contributed by atoms with Crippen molar-refractivity contribution in [3.63, 3.8) is 0 Å². The summed E-state index contributed by atoms with van der Waals surface area (Å²) in [5, 5.41) is 3.20. The van der Waals surface area contributed by atoms with E-state index in [1.165, 1.54) is 7.11 Å². The molecule has 0 heterocycles. The van der Waals surface area contributed by atoms with E-state index in [4.69, 9.17) is 9.47 Å². The van der Waals surface area contributed by atoms with Crippen LogP contribution < -0.4 is 4.74 Å². The molecule has 0 amide bonds. The van der Waals surface area contributed by atoms with Gasteiger partial charge in [0.2, 0.25) is 0 Å². The lowest BCUT2D eigenvalue weighted by Crippen LogP contribution is -2.16. The first-order chi connectivity index (χ1) is 11.7. The minimum Gasteiger partial charge on any atom is -0.488 e. The average Bonchev–Trinajstić information content (AvgIpc) is 2.65. The third-order valence-corrected chi connectivity index (χ3v) is 4.33. The summed E-state index contributed by atoms with van der Waals surface area (Å²) >= 11 is 0. The van der Waals surface area contributed by atoms with Crippen LogP contribution in [0.25, 0.3) is 0 Å². The number of carbonyl (C=O) groups is 1. The molecule has 124 valence electrons. The number of esters is 1. The Balaban J connectivity index is 1.96. The van der Waals surface area contributed by atoms with Crippen molar-refractivity contribution in [2.45, 2.75) is 31.9 Å². The predicted molar refractivity (Wildman–Crippen MR) is 90.0 cm³/mol. The van der Waals surface area contributed by atoms with Crippen LogP contribution >= 0.6 is 0 Å². The van der Waals surface area contributed by atoms with Gasteiger partial charge < -0.3 is 9.47 Å². The Morgan fingerprint density at radius 3 is 2.71 bits per heavy atom. The minimum absolute atomic E-state index is 0.360. The summed E-state index contributed by atoms with van der Waals surface area (Å²) in [5.74, 6) is 0.0393. The highest BCUT2D eigenvalue weighted by atomic mass is 16.5. The zero-order valence-corrected chi connectivity index (χ0v) is 13.5. The molecule has 1 atom stereocenters. The molecule has 5 heteroatoms. The van der Waals surface area contributed by atoms with E-state index < -0.39 is 12.0 Å². The zero-order valence-electron chi connectivity index (χ0n) is 13.5. The van der Waals surface area contributed by atoms with E-state index in [0.717, 1.165) is 23.1 Å². The maximum atomic E-state index is 12.3. The van der Waals surface area contributed by atoms with E-state index in [1.54, 1.807) is 6.07 Å². The number of hydrogen-bond acceptors (Lipinski definition) is 5. The molecule has 1 aliphatic rings. The lowest BCUT2D eigenvalue weighted by molar-refractivity contribution is 0.0593. The van der Waals surface area contributed by atoms with Crippen molar-refractivity contribution in [2.75, 3.05) is 7.11 Å². The van der Waals surface area contributed by atoms with Crippen molar-refractivity contribution in [3.8, 4) is 5.75 Å². The molecule has 0 bridgehead atoms. The van der Waals surface area contributed by atoms with Gasteiger partial charge in [0.25, 0.3) is 0 Å². The molecule has 0 saturated heterocycles. The van der Waals surface area contributed by atoms with Crippen LogP contribution in [0.4, 0.5) is 0 Å². The minimum atomic E-state index is -0.443. The lowest BCUT2D eigenvalue weighted by Gasteiger charge is -2.24. The molecule has 0 aliphatic heterocycles. The second-order valence-electron chi connectivity index (χ2n) is 5.79. The third kappa shape index (κ3) is 3.15. The number of carbonyl (C=O) groups excluding carboxylic acids is 1. The molecule has 0 radical (unpaired) electrons. The molecule has 1 aliphatic carbocycles. The fraction of sp³-hybridized carbons (Fsp3) is 0.316. The fourth-order valence-corrected chi connectivity index (χ4v) is 3.14. The Morgan fingerprint density at radius 2 is 2.00 bits per heavy atom. The summed E-state index contributed by atoms with van der Waals surface area (Å²) in [7, 11) is 1.35. The van der Waals surface area contributed by atoms with Gasteiger partial charge in [-0.25, -0.2) is 4.79 Å². The van der Waals surface area contributed by atoms with E-state index in [2.05, 4.69) is 5.18 Å². The summed E-state index contributed by atoms with van der Waals surface area (Å²) in [6, 6.07) is 12.9. The van der Waals surface area contributed by atoms with Gasteiger partial charge in [0.15, 0.2) is 0 Å². The second kappa shape index (κ2) is 7.25. The molecule has 3 rings (SSSR count). The number of ether oxygens (including phenoxy) is 2. The van der Waals surface area contributed by atoms with Gasteiger partial charge in [-0.1, -0.05) is 41.6 Å². The van der Waals surface area contributed by atoms with Gasteiger partial charge in [0, 0.05) is 0 Å². The third-order valence-electron chi connectivity index (χ3n) is 4.33. The van der Waals surface area contributed by atoms with Gasteiger partial charge in [-0.05, 0) is 42.0 Å². The molecule has 0 saturated carbocycles. The Labute approximate surface area is 140 Å². The van der Waals surface area contributed by atoms with E-state index in [1.807, 2.05) is 36.4 Å². The monoisotopic (exact) mass is 325 g/mol. The largest absolute Gasteiger partial charge is 0.488 e. The number of rotatable bonds is 5. The molecule has 5 nitrogen and oxygen atoms in total. The lowest BCUT2D eigenvalue weighted by atomic mass is 9.85. The quantitative estimate of drug-likeness (QED) is 0.610. The van der Waals surface area contributed by atoms with Crippen LogP contribution in [0.2, 0.25) is 0 Å². The number of benzene rings is 2. The van der Waals surface area contributed by atoms with Crippen molar-refractivity contribution in [1.29, 1.82) is 0 Å². The van der Waals surface area contributed by atoms with Crippen molar-refractivity contribution in [2.24, 2.45) is 5.18 Å². The highest BCUT2D eigenvalue weighted by Crippen LogP contribution is 2.38. The number of nitrogens with zero attached hydrogens (tertiary/aromatic N) is 1. The zero-order chi connectivity index (χ0) is 16.9. The Hall–Kier alpha value is -2.69. The van der Waals surface area contributed by atoms with E-state index in [-0.39, 0.29) is 0 Å². The smallest absolute Gasteiger partial charge is 0.341 e. The van der Waals surface area contributed by atoms with Gasteiger partial charge in [0.05, 0.1) is 7.11 Å². The van der Waals surface area contributed by atoms with Crippen molar-refractivity contribution >= 4 is 5.97 Å². The fourth-order valence-electron chi connectivity index (χ4n) is 3.14. The van der Waals surface area contributed by atoms with Gasteiger partial charge in [0.1, 0.15) is 24.0 Å². The van der Waals surface area contributed by atoms with Crippen LogP contribution in [-0.4, -0.2) is 13.1 Å². The molecule has 2 aromatic rings. The number of methoxy groups -OCH3 is 1. The van der Waals surface area contributed by atoms with Crippen LogP contribution in [0.3, 0.4) is 0 Å². The maximum Gasteiger partial charge on any atom is 0.341 e. The summed E-state index contributed by atoms with van der Waals surface area (Å²) < 4.78 is 10.8. The van der Waals surface area contributed by atoms with E-state index in [0.29, 0.717) is 30.8 Å². The molecule has 1 unspecified atom stereocenters. The highest BCUT2D eigenvalue weighted by molar-refractivity contribution is 5.94. The summed E-state index contributed by atoms with van der Waals surface area (Å²) in [5.41, 5.74) is 3.06. The van der Waals surface area contributed by atoms with E-state index >= 15 is 0 Å². The summed E-state index contributed by atoms with van der Waals surface area (Å²) in [6.45, 7) is 0.360. The normalized spacial score (nSPS) is 16.1. The van der Waals surface area contributed by atoms with E-state index in [9.17, 15) is 9.70 Å². The Kier molecular flexibility index (Phi) is 4.89. The van der Waals surface area contributed by atoms with Crippen molar-refractivity contribution in [1.82, 2.24) is 0 Å². The topological polar surface area (TPSA) is 65.0 Å². The van der Waals surface area contributed by atoms with Crippen LogP contribution in [0.15, 0.2) is 47.6 Å². The summed E-state index contributed by atoms with van der Waals surface area (Å²) in [4.78, 5) is 23.4. The SMILES string of the molecule is COC(=O)c1c(OCc2ccccc2)ccc2c1CCCC2N=O. The first kappa shape index (κ1) is 16.2. The Morgan fingerprint density at radius 1 is 1.21 bits per heavy atom. The van der Waals surface area contributed by atoms with Crippen LogP contribution in [-0.2, 0) is 17.8 Å². The number of hydrogen-bond donors (Lipinski definition) is 0. The molecule has 0 spiro atoms. The molecule has 0 aromatic heterocycles. The predicted octanol–water partition coefficient (Wildman–Crippen LogP) is 4.20. The van der Waals surface area contributed by atoms with Crippen molar-refractivity contribution < 1.29 is 14.3 Å². The second-order valence-corrected chi connectivity index (χ2v) is 5.79. The van der Waals surface area contributed by atoms with Crippen LogP contribution in [0.1, 0.15) is 45.9 Å². The molecule has 24 heavy (non-hydrogen) atoms. The first-order valence-corrected chi connectivity index (χ1v) is 7.98. The summed E-state index contributed by atoms with van der Waals surface area (Å²) in [6.07, 6.45) is 2.24. The maximum absolute atomic E-state index is 12.3. The molecule has 2 aromatic carbocycles. The van der Waals surface area contributed by atoms with Gasteiger partial charge >= 0.3 is 5.97 Å². The van der Waals surface area contributed by atoms with Gasteiger partial charge in [-0.3, -0.25) is 0 Å². The van der Waals surface area contributed by atoms with Crippen LogP contribution in [0.5, 0.6) is 5.75 Å². The molecule has 0 fully saturated rings.